The molecule has 0 bridgehead atoms. The van der Waals surface area contributed by atoms with E-state index in [9.17, 15) is 4.79 Å². The highest BCUT2D eigenvalue weighted by Gasteiger charge is 2.30. The number of nitriles is 1. The maximum atomic E-state index is 11.4. The van der Waals surface area contributed by atoms with Crippen molar-refractivity contribution in [3.8, 4) is 6.19 Å². The molecule has 0 radical (unpaired) electrons. The number of hydrogen-bond donors (Lipinski definition) is 2. The summed E-state index contributed by atoms with van der Waals surface area (Å²) in [6.45, 7) is 0. The molecule has 1 aliphatic carbocycles. The second-order valence-electron chi connectivity index (χ2n) is 3.47. The lowest BCUT2D eigenvalue weighted by Gasteiger charge is -2.34. The van der Waals surface area contributed by atoms with Crippen molar-refractivity contribution in [3.63, 3.8) is 0 Å². The van der Waals surface area contributed by atoms with Gasteiger partial charge in [-0.1, -0.05) is 5.16 Å². The number of carbonyl (C=O) groups is 1. The highest BCUT2D eigenvalue weighted by Crippen LogP contribution is 2.19. The van der Waals surface area contributed by atoms with Crippen LogP contribution in [0.2, 0.25) is 0 Å². The second kappa shape index (κ2) is 4.00. The van der Waals surface area contributed by atoms with Crippen molar-refractivity contribution in [2.45, 2.75) is 24.9 Å². The molecule has 1 amide bonds. The first-order valence-electron chi connectivity index (χ1n) is 4.65. The Morgan fingerprint density at radius 3 is 3.00 bits per heavy atom. The zero-order chi connectivity index (χ0) is 10.7. The second-order valence-corrected chi connectivity index (χ2v) is 3.47. The molecular weight excluding hydrogens is 196 g/mol. The van der Waals surface area contributed by atoms with Gasteiger partial charge < -0.3 is 15.2 Å². The van der Waals surface area contributed by atoms with E-state index >= 15 is 0 Å². The molecule has 15 heavy (non-hydrogen) atoms. The molecule has 2 N–H and O–H groups in total. The SMILES string of the molecule is N#CNC1CC(NC(=O)c2ccno2)C1. The lowest BCUT2D eigenvalue weighted by atomic mass is 9.87. The van der Waals surface area contributed by atoms with Gasteiger partial charge in [-0.2, -0.15) is 5.26 Å². The van der Waals surface area contributed by atoms with Crippen molar-refractivity contribution >= 4 is 5.91 Å². The van der Waals surface area contributed by atoms with Gasteiger partial charge in [-0.25, -0.2) is 0 Å². The van der Waals surface area contributed by atoms with Crippen LogP contribution >= 0.6 is 0 Å². The molecule has 1 aromatic rings. The van der Waals surface area contributed by atoms with Gasteiger partial charge in [-0.3, -0.25) is 4.79 Å². The summed E-state index contributed by atoms with van der Waals surface area (Å²) >= 11 is 0. The molecule has 0 aromatic carbocycles. The molecule has 1 fully saturated rings. The Hall–Kier alpha value is -2.03. The molecule has 78 valence electrons. The quantitative estimate of drug-likeness (QED) is 0.536. The number of rotatable bonds is 3. The Morgan fingerprint density at radius 2 is 2.40 bits per heavy atom. The molecule has 1 saturated carbocycles. The molecule has 2 rings (SSSR count). The van der Waals surface area contributed by atoms with Crippen LogP contribution in [0.5, 0.6) is 0 Å². The minimum absolute atomic E-state index is 0.119. The third-order valence-electron chi connectivity index (χ3n) is 2.40. The summed E-state index contributed by atoms with van der Waals surface area (Å²) < 4.78 is 4.71. The molecular formula is C9H10N4O2. The van der Waals surface area contributed by atoms with Gasteiger partial charge >= 0.3 is 0 Å². The van der Waals surface area contributed by atoms with Crippen molar-refractivity contribution in [2.24, 2.45) is 0 Å². The third kappa shape index (κ3) is 2.07. The predicted molar refractivity (Wildman–Crippen MR) is 49.5 cm³/mol. The van der Waals surface area contributed by atoms with Crippen molar-refractivity contribution in [2.75, 3.05) is 0 Å². The van der Waals surface area contributed by atoms with Crippen LogP contribution in [-0.2, 0) is 0 Å². The summed E-state index contributed by atoms with van der Waals surface area (Å²) in [5, 5.41) is 17.2. The van der Waals surface area contributed by atoms with Crippen LogP contribution in [0.4, 0.5) is 0 Å². The van der Waals surface area contributed by atoms with Crippen LogP contribution in [0.3, 0.4) is 0 Å². The van der Waals surface area contributed by atoms with Gasteiger partial charge in [0.05, 0.1) is 6.20 Å². The summed E-state index contributed by atoms with van der Waals surface area (Å²) in [6, 6.07) is 1.82. The minimum Gasteiger partial charge on any atom is -0.351 e. The summed E-state index contributed by atoms with van der Waals surface area (Å²) in [5.74, 6) is -0.0420. The van der Waals surface area contributed by atoms with E-state index < -0.39 is 0 Å². The van der Waals surface area contributed by atoms with Crippen molar-refractivity contribution in [1.82, 2.24) is 15.8 Å². The summed E-state index contributed by atoms with van der Waals surface area (Å²) in [6.07, 6.45) is 4.85. The fraction of sp³-hybridized carbons (Fsp3) is 0.444. The van der Waals surface area contributed by atoms with E-state index in [0.29, 0.717) is 0 Å². The fourth-order valence-corrected chi connectivity index (χ4v) is 1.53. The predicted octanol–water partition coefficient (Wildman–Crippen LogP) is 0.00608. The van der Waals surface area contributed by atoms with Crippen LogP contribution in [0.15, 0.2) is 16.8 Å². The number of amides is 1. The van der Waals surface area contributed by atoms with E-state index in [-0.39, 0.29) is 23.8 Å². The van der Waals surface area contributed by atoms with Gasteiger partial charge in [-0.05, 0) is 12.8 Å². The van der Waals surface area contributed by atoms with E-state index in [1.54, 1.807) is 0 Å². The van der Waals surface area contributed by atoms with E-state index in [4.69, 9.17) is 9.78 Å². The van der Waals surface area contributed by atoms with Crippen LogP contribution in [0.1, 0.15) is 23.4 Å². The first-order valence-corrected chi connectivity index (χ1v) is 4.65. The fourth-order valence-electron chi connectivity index (χ4n) is 1.53. The molecule has 0 aliphatic heterocycles. The smallest absolute Gasteiger partial charge is 0.290 e. The van der Waals surface area contributed by atoms with Gasteiger partial charge in [0.15, 0.2) is 6.19 Å². The average molecular weight is 206 g/mol. The Balaban J connectivity index is 1.76. The highest BCUT2D eigenvalue weighted by atomic mass is 16.5. The van der Waals surface area contributed by atoms with E-state index in [1.165, 1.54) is 12.3 Å². The zero-order valence-electron chi connectivity index (χ0n) is 7.93. The molecule has 1 aliphatic rings. The normalized spacial score (nSPS) is 23.7. The topological polar surface area (TPSA) is 91.0 Å². The van der Waals surface area contributed by atoms with Crippen molar-refractivity contribution in [3.05, 3.63) is 18.0 Å². The number of nitrogens with one attached hydrogen (secondary N) is 2. The summed E-state index contributed by atoms with van der Waals surface area (Å²) in [4.78, 5) is 11.4. The Kier molecular flexibility index (Phi) is 2.54. The van der Waals surface area contributed by atoms with Crippen LogP contribution in [-0.4, -0.2) is 23.1 Å². The summed E-state index contributed by atoms with van der Waals surface area (Å²) in [5.41, 5.74) is 0. The highest BCUT2D eigenvalue weighted by molar-refractivity contribution is 5.91. The van der Waals surface area contributed by atoms with Gasteiger partial charge in [0.25, 0.3) is 5.91 Å². The van der Waals surface area contributed by atoms with Crippen molar-refractivity contribution < 1.29 is 9.32 Å². The Morgan fingerprint density at radius 1 is 1.60 bits per heavy atom. The lowest BCUT2D eigenvalue weighted by Crippen LogP contribution is -2.51. The molecule has 0 spiro atoms. The summed E-state index contributed by atoms with van der Waals surface area (Å²) in [7, 11) is 0. The third-order valence-corrected chi connectivity index (χ3v) is 2.40. The average Bonchev–Trinajstić information content (AvgIpc) is 2.67. The largest absolute Gasteiger partial charge is 0.351 e. The first kappa shape index (κ1) is 9.52. The lowest BCUT2D eigenvalue weighted by molar-refractivity contribution is 0.0868. The van der Waals surface area contributed by atoms with Gasteiger partial charge in [0, 0.05) is 18.2 Å². The van der Waals surface area contributed by atoms with Gasteiger partial charge in [-0.15, -0.1) is 0 Å². The Labute approximate surface area is 86.2 Å². The number of carbonyl (C=O) groups excluding carboxylic acids is 1. The number of nitrogens with zero attached hydrogens (tertiary/aromatic N) is 2. The molecule has 0 unspecified atom stereocenters. The first-order chi connectivity index (χ1) is 7.29. The molecule has 6 nitrogen and oxygen atoms in total. The van der Waals surface area contributed by atoms with E-state index in [0.717, 1.165) is 12.8 Å². The number of hydrogen-bond acceptors (Lipinski definition) is 5. The zero-order valence-corrected chi connectivity index (χ0v) is 7.93. The molecule has 0 atom stereocenters. The van der Waals surface area contributed by atoms with Crippen LogP contribution < -0.4 is 10.6 Å². The maximum absolute atomic E-state index is 11.4. The van der Waals surface area contributed by atoms with Gasteiger partial charge in [0.2, 0.25) is 5.76 Å². The molecule has 0 saturated heterocycles. The number of aromatic nitrogens is 1. The maximum Gasteiger partial charge on any atom is 0.290 e. The van der Waals surface area contributed by atoms with E-state index in [2.05, 4.69) is 15.8 Å². The monoisotopic (exact) mass is 206 g/mol. The Bertz CT molecular complexity index is 375. The van der Waals surface area contributed by atoms with Crippen LogP contribution in [0, 0.1) is 11.5 Å². The van der Waals surface area contributed by atoms with Crippen molar-refractivity contribution in [1.29, 1.82) is 5.26 Å². The molecule has 6 heteroatoms. The van der Waals surface area contributed by atoms with Crippen LogP contribution in [0.25, 0.3) is 0 Å². The van der Waals surface area contributed by atoms with Gasteiger partial charge in [0.1, 0.15) is 0 Å². The molecule has 1 heterocycles. The standard InChI is InChI=1S/C9H10N4O2/c10-5-11-6-3-7(4-6)13-9(14)8-1-2-12-15-8/h1-2,6-7,11H,3-4H2,(H,13,14). The minimum atomic E-state index is -0.257. The molecule has 1 aromatic heterocycles. The van der Waals surface area contributed by atoms with E-state index in [1.807, 2.05) is 6.19 Å².